The molecule has 1 spiro atoms. The average Bonchev–Trinajstić information content (AvgIpc) is 3.02. The summed E-state index contributed by atoms with van der Waals surface area (Å²) < 4.78 is 34.0. The Morgan fingerprint density at radius 3 is 2.87 bits per heavy atom. The molecule has 0 aliphatic carbocycles. The van der Waals surface area contributed by atoms with Gasteiger partial charge in [-0.3, -0.25) is 4.90 Å². The van der Waals surface area contributed by atoms with E-state index in [2.05, 4.69) is 9.88 Å². The van der Waals surface area contributed by atoms with E-state index in [1.807, 2.05) is 24.0 Å². The molecule has 0 radical (unpaired) electrons. The van der Waals surface area contributed by atoms with Crippen molar-refractivity contribution in [2.75, 3.05) is 45.1 Å². The Balaban J connectivity index is 1.70. The van der Waals surface area contributed by atoms with Crippen LogP contribution in [0.25, 0.3) is 0 Å². The van der Waals surface area contributed by atoms with Crippen LogP contribution in [-0.2, 0) is 28.4 Å². The zero-order valence-corrected chi connectivity index (χ0v) is 14.8. The molecule has 7 nitrogen and oxygen atoms in total. The minimum Gasteiger partial charge on any atom is -0.379 e. The number of aryl methyl sites for hydroxylation is 1. The number of rotatable bonds is 4. The molecule has 0 saturated carbocycles. The smallest absolute Gasteiger partial charge is 0.213 e. The van der Waals surface area contributed by atoms with Gasteiger partial charge in [-0.1, -0.05) is 0 Å². The fourth-order valence-electron chi connectivity index (χ4n) is 3.53. The van der Waals surface area contributed by atoms with Crippen LogP contribution in [0, 0.1) is 5.41 Å². The van der Waals surface area contributed by atoms with Crippen LogP contribution in [0.2, 0.25) is 0 Å². The Morgan fingerprint density at radius 2 is 2.17 bits per heavy atom. The highest BCUT2D eigenvalue weighted by Crippen LogP contribution is 2.34. The Morgan fingerprint density at radius 1 is 1.35 bits per heavy atom. The van der Waals surface area contributed by atoms with Crippen LogP contribution < -0.4 is 0 Å². The van der Waals surface area contributed by atoms with Crippen molar-refractivity contribution < 1.29 is 13.2 Å². The van der Waals surface area contributed by atoms with E-state index in [0.29, 0.717) is 26.3 Å². The highest BCUT2D eigenvalue weighted by molar-refractivity contribution is 7.89. The molecule has 2 aliphatic rings. The Kier molecular flexibility index (Phi) is 4.78. The first-order valence-corrected chi connectivity index (χ1v) is 9.79. The predicted molar refractivity (Wildman–Crippen MR) is 87.4 cm³/mol. The van der Waals surface area contributed by atoms with Gasteiger partial charge in [-0.25, -0.2) is 13.4 Å². The summed E-state index contributed by atoms with van der Waals surface area (Å²) in [6.07, 6.45) is 4.73. The maximum Gasteiger partial charge on any atom is 0.213 e. The summed E-state index contributed by atoms with van der Waals surface area (Å²) >= 11 is 0. The highest BCUT2D eigenvalue weighted by Gasteiger charge is 2.43. The maximum absolute atomic E-state index is 12.3. The fourth-order valence-corrected chi connectivity index (χ4v) is 4.72. The van der Waals surface area contributed by atoms with Crippen molar-refractivity contribution in [2.24, 2.45) is 12.5 Å². The van der Waals surface area contributed by atoms with E-state index in [9.17, 15) is 8.42 Å². The van der Waals surface area contributed by atoms with E-state index >= 15 is 0 Å². The molecule has 2 saturated heterocycles. The van der Waals surface area contributed by atoms with Crippen molar-refractivity contribution in [3.05, 3.63) is 18.2 Å². The molecule has 0 N–H and O–H groups in total. The fraction of sp³-hybridized carbons (Fsp3) is 0.800. The largest absolute Gasteiger partial charge is 0.379 e. The SMILES string of the molecule is CCS(=O)(=O)N1CCOC[C@]2(CCN(Cc3nccn3C)C2)C1. The van der Waals surface area contributed by atoms with Gasteiger partial charge in [0.2, 0.25) is 10.0 Å². The number of sulfonamides is 1. The zero-order chi connectivity index (χ0) is 16.5. The number of hydrogen-bond acceptors (Lipinski definition) is 5. The molecule has 0 bridgehead atoms. The Hall–Kier alpha value is -0.960. The highest BCUT2D eigenvalue weighted by atomic mass is 32.2. The lowest BCUT2D eigenvalue weighted by molar-refractivity contribution is 0.0718. The third-order valence-corrected chi connectivity index (χ3v) is 6.79. The first-order valence-electron chi connectivity index (χ1n) is 8.18. The lowest BCUT2D eigenvalue weighted by Crippen LogP contribution is -2.43. The minimum absolute atomic E-state index is 0.0933. The van der Waals surface area contributed by atoms with Crippen LogP contribution in [-0.4, -0.2) is 72.3 Å². The topological polar surface area (TPSA) is 67.7 Å². The predicted octanol–water partition coefficient (Wildman–Crippen LogP) is 0.294. The van der Waals surface area contributed by atoms with Gasteiger partial charge in [0.15, 0.2) is 0 Å². The van der Waals surface area contributed by atoms with Gasteiger partial charge in [0.1, 0.15) is 5.82 Å². The molecule has 2 fully saturated rings. The van der Waals surface area contributed by atoms with Crippen molar-refractivity contribution in [2.45, 2.75) is 19.9 Å². The first kappa shape index (κ1) is 16.9. The summed E-state index contributed by atoms with van der Waals surface area (Å²) in [5.74, 6) is 1.19. The van der Waals surface area contributed by atoms with Gasteiger partial charge in [-0.05, 0) is 19.9 Å². The van der Waals surface area contributed by atoms with Crippen LogP contribution in [0.15, 0.2) is 12.4 Å². The lowest BCUT2D eigenvalue weighted by Gasteiger charge is -2.31. The second kappa shape index (κ2) is 6.51. The summed E-state index contributed by atoms with van der Waals surface area (Å²) in [4.78, 5) is 6.74. The summed E-state index contributed by atoms with van der Waals surface area (Å²) in [6, 6.07) is 0. The third-order valence-electron chi connectivity index (χ3n) is 4.97. The number of imidazole rings is 1. The molecule has 0 unspecified atom stereocenters. The number of ether oxygens (including phenoxy) is 1. The van der Waals surface area contributed by atoms with E-state index < -0.39 is 10.0 Å². The normalized spacial score (nSPS) is 27.6. The van der Waals surface area contributed by atoms with Gasteiger partial charge in [0, 0.05) is 44.5 Å². The molecule has 2 aliphatic heterocycles. The quantitative estimate of drug-likeness (QED) is 0.787. The summed E-state index contributed by atoms with van der Waals surface area (Å²) in [5, 5.41) is 0. The van der Waals surface area contributed by atoms with Crippen LogP contribution in [0.5, 0.6) is 0 Å². The summed E-state index contributed by atoms with van der Waals surface area (Å²) in [6.45, 7) is 6.48. The lowest BCUT2D eigenvalue weighted by atomic mass is 9.88. The van der Waals surface area contributed by atoms with Crippen molar-refractivity contribution in [3.8, 4) is 0 Å². The Labute approximate surface area is 138 Å². The van der Waals surface area contributed by atoms with Crippen LogP contribution in [0.1, 0.15) is 19.2 Å². The van der Waals surface area contributed by atoms with Gasteiger partial charge in [-0.2, -0.15) is 4.31 Å². The second-order valence-corrected chi connectivity index (χ2v) is 8.96. The van der Waals surface area contributed by atoms with Gasteiger partial charge in [-0.15, -0.1) is 0 Å². The summed E-state index contributed by atoms with van der Waals surface area (Å²) in [5.41, 5.74) is -0.0933. The molecule has 130 valence electrons. The van der Waals surface area contributed by atoms with Gasteiger partial charge in [0.25, 0.3) is 0 Å². The summed E-state index contributed by atoms with van der Waals surface area (Å²) in [7, 11) is -1.17. The molecule has 1 aromatic heterocycles. The third kappa shape index (κ3) is 3.60. The molecule has 1 aromatic rings. The van der Waals surface area contributed by atoms with Crippen molar-refractivity contribution in [1.82, 2.24) is 18.8 Å². The van der Waals surface area contributed by atoms with E-state index in [4.69, 9.17) is 4.74 Å². The van der Waals surface area contributed by atoms with E-state index in [-0.39, 0.29) is 11.2 Å². The maximum atomic E-state index is 12.3. The molecular weight excluding hydrogens is 316 g/mol. The zero-order valence-electron chi connectivity index (χ0n) is 13.9. The van der Waals surface area contributed by atoms with E-state index in [1.54, 1.807) is 11.2 Å². The number of nitrogens with zero attached hydrogens (tertiary/aromatic N) is 4. The molecule has 23 heavy (non-hydrogen) atoms. The molecule has 1 atom stereocenters. The number of hydrogen-bond donors (Lipinski definition) is 0. The number of aromatic nitrogens is 2. The Bertz CT molecular complexity index is 645. The van der Waals surface area contributed by atoms with Gasteiger partial charge in [0.05, 0.1) is 25.5 Å². The second-order valence-electron chi connectivity index (χ2n) is 6.70. The molecule has 3 rings (SSSR count). The van der Waals surface area contributed by atoms with Crippen molar-refractivity contribution >= 4 is 10.0 Å². The monoisotopic (exact) mass is 342 g/mol. The van der Waals surface area contributed by atoms with Gasteiger partial charge < -0.3 is 9.30 Å². The first-order chi connectivity index (χ1) is 10.9. The number of likely N-dealkylation sites (tertiary alicyclic amines) is 1. The molecule has 3 heterocycles. The molecular formula is C15H26N4O3S. The van der Waals surface area contributed by atoms with Crippen molar-refractivity contribution in [1.29, 1.82) is 0 Å². The average molecular weight is 342 g/mol. The van der Waals surface area contributed by atoms with Crippen LogP contribution >= 0.6 is 0 Å². The standard InChI is InChI=1S/C15H26N4O3S/c1-3-23(20,21)19-8-9-22-13-15(12-19)4-6-18(11-15)10-14-16-5-7-17(14)2/h5,7H,3-4,6,8-13H2,1-2H3/t15-/m0/s1. The molecule has 0 aromatic carbocycles. The van der Waals surface area contributed by atoms with Crippen molar-refractivity contribution in [3.63, 3.8) is 0 Å². The van der Waals surface area contributed by atoms with Crippen LogP contribution in [0.4, 0.5) is 0 Å². The minimum atomic E-state index is -3.16. The van der Waals surface area contributed by atoms with E-state index in [0.717, 1.165) is 31.9 Å². The van der Waals surface area contributed by atoms with Gasteiger partial charge >= 0.3 is 0 Å². The molecule has 0 amide bonds. The molecule has 8 heteroatoms. The van der Waals surface area contributed by atoms with E-state index in [1.165, 1.54) is 0 Å². The van der Waals surface area contributed by atoms with Crippen LogP contribution in [0.3, 0.4) is 0 Å².